The number of thiazole rings is 1. The monoisotopic (exact) mass is 287 g/mol. The summed E-state index contributed by atoms with van der Waals surface area (Å²) in [5, 5.41) is 8.09. The molecule has 0 bridgehead atoms. The van der Waals surface area contributed by atoms with Crippen LogP contribution < -0.4 is 0 Å². The lowest BCUT2D eigenvalue weighted by molar-refractivity contribution is -0.137. The minimum Gasteiger partial charge on any atom is -0.478 e. The van der Waals surface area contributed by atoms with Gasteiger partial charge in [0.1, 0.15) is 0 Å². The first-order valence-corrected chi connectivity index (χ1v) is 5.98. The summed E-state index contributed by atoms with van der Waals surface area (Å²) in [6.45, 7) is 1.71. The lowest BCUT2D eigenvalue weighted by atomic mass is 10.0. The molecule has 19 heavy (non-hydrogen) atoms. The highest BCUT2D eigenvalue weighted by atomic mass is 32.1. The maximum Gasteiger partial charge on any atom is 0.443 e. The van der Waals surface area contributed by atoms with Crippen molar-refractivity contribution in [2.45, 2.75) is 13.1 Å². The fourth-order valence-electron chi connectivity index (χ4n) is 1.58. The number of hydrogen-bond donors (Lipinski definition) is 1. The number of halogens is 3. The number of carboxylic acid groups (broad SMARTS) is 1. The lowest BCUT2D eigenvalue weighted by Gasteiger charge is -2.04. The summed E-state index contributed by atoms with van der Waals surface area (Å²) in [5.41, 5.74) is 0.935. The zero-order chi connectivity index (χ0) is 14.2. The van der Waals surface area contributed by atoms with Gasteiger partial charge in [0.2, 0.25) is 0 Å². The van der Waals surface area contributed by atoms with E-state index in [9.17, 15) is 18.0 Å². The van der Waals surface area contributed by atoms with E-state index in [0.29, 0.717) is 11.3 Å². The van der Waals surface area contributed by atoms with Crippen molar-refractivity contribution in [3.05, 3.63) is 40.5 Å². The van der Waals surface area contributed by atoms with Crippen LogP contribution in [0.1, 0.15) is 20.9 Å². The molecule has 1 aromatic heterocycles. The number of nitrogens with zero attached hydrogens (tertiary/aromatic N) is 1. The van der Waals surface area contributed by atoms with Crippen LogP contribution in [0.15, 0.2) is 24.4 Å². The lowest BCUT2D eigenvalue weighted by Crippen LogP contribution is -2.02. The van der Waals surface area contributed by atoms with Gasteiger partial charge in [-0.25, -0.2) is 9.78 Å². The second-order valence-electron chi connectivity index (χ2n) is 3.88. The van der Waals surface area contributed by atoms with Gasteiger partial charge in [0.05, 0.1) is 10.4 Å². The van der Waals surface area contributed by atoms with Crippen molar-refractivity contribution in [2.75, 3.05) is 0 Å². The second-order valence-corrected chi connectivity index (χ2v) is 4.91. The summed E-state index contributed by atoms with van der Waals surface area (Å²) in [5.74, 6) is -1.18. The summed E-state index contributed by atoms with van der Waals surface area (Å²) in [6, 6.07) is 4.56. The summed E-state index contributed by atoms with van der Waals surface area (Å²) in [7, 11) is 0. The van der Waals surface area contributed by atoms with E-state index >= 15 is 0 Å². The van der Waals surface area contributed by atoms with E-state index in [-0.39, 0.29) is 16.0 Å². The predicted molar refractivity (Wildman–Crippen MR) is 64.2 cm³/mol. The molecule has 100 valence electrons. The van der Waals surface area contributed by atoms with Crippen molar-refractivity contribution in [3.63, 3.8) is 0 Å². The van der Waals surface area contributed by atoms with E-state index in [1.54, 1.807) is 13.0 Å². The Kier molecular flexibility index (Phi) is 3.32. The normalized spacial score (nSPS) is 11.6. The molecule has 2 rings (SSSR count). The van der Waals surface area contributed by atoms with Crippen molar-refractivity contribution in [2.24, 2.45) is 0 Å². The number of carbonyl (C=O) groups is 1. The predicted octanol–water partition coefficient (Wildman–Crippen LogP) is 3.84. The topological polar surface area (TPSA) is 50.2 Å². The molecule has 0 aliphatic heterocycles. The maximum absolute atomic E-state index is 12.5. The highest BCUT2D eigenvalue weighted by molar-refractivity contribution is 7.15. The Labute approximate surface area is 110 Å². The van der Waals surface area contributed by atoms with Crippen LogP contribution in [0.5, 0.6) is 0 Å². The maximum atomic E-state index is 12.5. The summed E-state index contributed by atoms with van der Waals surface area (Å²) in [6.07, 6.45) is -3.47. The van der Waals surface area contributed by atoms with Gasteiger partial charge in [0, 0.05) is 11.8 Å². The van der Waals surface area contributed by atoms with E-state index < -0.39 is 17.2 Å². The fourth-order valence-corrected chi connectivity index (χ4v) is 2.40. The van der Waals surface area contributed by atoms with Crippen molar-refractivity contribution in [1.82, 2.24) is 4.98 Å². The Balaban J connectivity index is 2.53. The largest absolute Gasteiger partial charge is 0.478 e. The SMILES string of the molecule is Cc1ccc(-c2cnc(C(F)(F)F)s2)c(C(=O)O)c1. The molecule has 0 spiro atoms. The minimum atomic E-state index is -4.52. The number of aryl methyl sites for hydroxylation is 1. The van der Waals surface area contributed by atoms with Crippen molar-refractivity contribution < 1.29 is 23.1 Å². The smallest absolute Gasteiger partial charge is 0.443 e. The van der Waals surface area contributed by atoms with Crippen LogP contribution in [0, 0.1) is 6.92 Å². The third kappa shape index (κ3) is 2.76. The van der Waals surface area contributed by atoms with Gasteiger partial charge in [-0.1, -0.05) is 17.7 Å². The highest BCUT2D eigenvalue weighted by Crippen LogP contribution is 2.37. The van der Waals surface area contributed by atoms with Crippen molar-refractivity contribution >= 4 is 17.3 Å². The molecule has 7 heteroatoms. The molecule has 0 saturated heterocycles. The number of rotatable bonds is 2. The Morgan fingerprint density at radius 3 is 2.58 bits per heavy atom. The van der Waals surface area contributed by atoms with Gasteiger partial charge in [0.15, 0.2) is 5.01 Å². The first-order chi connectivity index (χ1) is 8.79. The molecule has 1 N–H and O–H groups in total. The van der Waals surface area contributed by atoms with Gasteiger partial charge in [-0.2, -0.15) is 13.2 Å². The molecule has 0 amide bonds. The third-order valence-corrected chi connectivity index (χ3v) is 3.49. The summed E-state index contributed by atoms with van der Waals surface area (Å²) < 4.78 is 37.4. The molecule has 3 nitrogen and oxygen atoms in total. The molecule has 0 radical (unpaired) electrons. The molecule has 0 atom stereocenters. The first-order valence-electron chi connectivity index (χ1n) is 5.16. The number of hydrogen-bond acceptors (Lipinski definition) is 3. The molecule has 0 saturated carbocycles. The van der Waals surface area contributed by atoms with E-state index in [2.05, 4.69) is 4.98 Å². The molecular weight excluding hydrogens is 279 g/mol. The van der Waals surface area contributed by atoms with E-state index in [0.717, 1.165) is 11.8 Å². The Bertz CT molecular complexity index is 634. The molecule has 0 unspecified atom stereocenters. The average molecular weight is 287 g/mol. The van der Waals surface area contributed by atoms with Crippen LogP contribution in [-0.4, -0.2) is 16.1 Å². The van der Waals surface area contributed by atoms with Gasteiger partial charge < -0.3 is 5.11 Å². The van der Waals surface area contributed by atoms with Crippen LogP contribution in [0.4, 0.5) is 13.2 Å². The highest BCUT2D eigenvalue weighted by Gasteiger charge is 2.34. The Morgan fingerprint density at radius 1 is 1.37 bits per heavy atom. The van der Waals surface area contributed by atoms with Gasteiger partial charge in [-0.15, -0.1) is 11.3 Å². The van der Waals surface area contributed by atoms with Crippen LogP contribution in [0.3, 0.4) is 0 Å². The first kappa shape index (κ1) is 13.5. The molecule has 1 aromatic carbocycles. The summed E-state index contributed by atoms with van der Waals surface area (Å²) >= 11 is 0.431. The quantitative estimate of drug-likeness (QED) is 0.913. The molecule has 0 aliphatic carbocycles. The van der Waals surface area contributed by atoms with Crippen LogP contribution in [0.25, 0.3) is 10.4 Å². The fraction of sp³-hybridized carbons (Fsp3) is 0.167. The third-order valence-electron chi connectivity index (χ3n) is 2.42. The Hall–Kier alpha value is -1.89. The number of carboxylic acids is 1. The number of benzene rings is 1. The summed E-state index contributed by atoms with van der Waals surface area (Å²) in [4.78, 5) is 14.6. The zero-order valence-corrected chi connectivity index (χ0v) is 10.5. The van der Waals surface area contributed by atoms with Gasteiger partial charge in [-0.3, -0.25) is 0 Å². The van der Waals surface area contributed by atoms with Gasteiger partial charge in [-0.05, 0) is 13.0 Å². The Morgan fingerprint density at radius 2 is 2.05 bits per heavy atom. The van der Waals surface area contributed by atoms with Crippen LogP contribution in [0.2, 0.25) is 0 Å². The molecule has 0 aliphatic rings. The molecule has 1 heterocycles. The van der Waals surface area contributed by atoms with E-state index in [4.69, 9.17) is 5.11 Å². The van der Waals surface area contributed by atoms with Gasteiger partial charge in [0.25, 0.3) is 0 Å². The minimum absolute atomic E-state index is 0.0302. The van der Waals surface area contributed by atoms with Crippen LogP contribution >= 0.6 is 11.3 Å². The zero-order valence-electron chi connectivity index (χ0n) is 9.65. The van der Waals surface area contributed by atoms with E-state index in [1.165, 1.54) is 12.1 Å². The standard InChI is InChI=1S/C12H8F3NO2S/c1-6-2-3-7(8(4-6)10(17)18)9-5-16-11(19-9)12(13,14)15/h2-5H,1H3,(H,17,18). The number of aromatic nitrogens is 1. The van der Waals surface area contributed by atoms with E-state index in [1.807, 2.05) is 0 Å². The number of alkyl halides is 3. The van der Waals surface area contributed by atoms with Crippen LogP contribution in [-0.2, 0) is 6.18 Å². The number of aromatic carboxylic acids is 1. The average Bonchev–Trinajstić information content (AvgIpc) is 2.77. The van der Waals surface area contributed by atoms with Crippen molar-refractivity contribution in [3.8, 4) is 10.4 Å². The van der Waals surface area contributed by atoms with Gasteiger partial charge >= 0.3 is 12.1 Å². The second kappa shape index (κ2) is 4.65. The molecule has 2 aromatic rings. The van der Waals surface area contributed by atoms with Crippen molar-refractivity contribution in [1.29, 1.82) is 0 Å². The molecular formula is C12H8F3NO2S. The molecule has 0 fully saturated rings.